The van der Waals surface area contributed by atoms with Crippen LogP contribution in [0.4, 0.5) is 0 Å². The van der Waals surface area contributed by atoms with Crippen LogP contribution in [0.5, 0.6) is 11.5 Å². The van der Waals surface area contributed by atoms with Gasteiger partial charge < -0.3 is 19.7 Å². The summed E-state index contributed by atoms with van der Waals surface area (Å²) in [5.74, 6) is 0.877. The molecule has 0 amide bonds. The fourth-order valence-electron chi connectivity index (χ4n) is 2.60. The van der Waals surface area contributed by atoms with Crippen LogP contribution in [-0.2, 0) is 10.0 Å². The average molecular weight is 400 g/mol. The van der Waals surface area contributed by atoms with Crippen molar-refractivity contribution in [3.8, 4) is 11.5 Å². The first-order chi connectivity index (χ1) is 12.3. The van der Waals surface area contributed by atoms with E-state index < -0.39 is 10.0 Å². The van der Waals surface area contributed by atoms with Gasteiger partial charge in [0.25, 0.3) is 0 Å². The Labute approximate surface area is 160 Å². The number of benzene rings is 1. The Balaban J connectivity index is 2.06. The molecule has 26 heavy (non-hydrogen) atoms. The summed E-state index contributed by atoms with van der Waals surface area (Å²) in [5.41, 5.74) is 0.988. The number of nitrogens with one attached hydrogen (secondary N) is 1. The fourth-order valence-corrected chi connectivity index (χ4v) is 4.29. The van der Waals surface area contributed by atoms with E-state index in [9.17, 15) is 8.42 Å². The highest BCUT2D eigenvalue weighted by Crippen LogP contribution is 2.30. The van der Waals surface area contributed by atoms with Crippen molar-refractivity contribution in [2.75, 3.05) is 46.9 Å². The van der Waals surface area contributed by atoms with Crippen molar-refractivity contribution in [1.29, 1.82) is 0 Å². The summed E-state index contributed by atoms with van der Waals surface area (Å²) in [6, 6.07) is 4.61. The van der Waals surface area contributed by atoms with Gasteiger partial charge in [-0.3, -0.25) is 0 Å². The zero-order valence-corrected chi connectivity index (χ0v) is 17.0. The lowest BCUT2D eigenvalue weighted by Gasteiger charge is -2.35. The van der Waals surface area contributed by atoms with Crippen LogP contribution in [0.2, 0.25) is 0 Å². The third-order valence-electron chi connectivity index (χ3n) is 4.06. The summed E-state index contributed by atoms with van der Waals surface area (Å²) in [4.78, 5) is 2.16. The standard InChI is InChI=1S/C17H25N3O4S2/c1-13(2)12-18-17(25)19-7-9-20(10-8-19)26(21,22)14-5-6-15(23-3)16(11-14)24-4/h5-6,11H,1,7-10,12H2,2-4H3,(H,18,25). The Morgan fingerprint density at radius 3 is 2.35 bits per heavy atom. The summed E-state index contributed by atoms with van der Waals surface area (Å²) < 4.78 is 37.6. The molecule has 0 saturated carbocycles. The molecule has 1 saturated heterocycles. The van der Waals surface area contributed by atoms with Crippen LogP contribution in [0.1, 0.15) is 6.92 Å². The molecule has 0 aliphatic carbocycles. The van der Waals surface area contributed by atoms with Crippen molar-refractivity contribution in [2.45, 2.75) is 11.8 Å². The van der Waals surface area contributed by atoms with Crippen molar-refractivity contribution in [3.05, 3.63) is 30.4 Å². The maximum Gasteiger partial charge on any atom is 0.243 e. The number of rotatable bonds is 6. The van der Waals surface area contributed by atoms with Crippen LogP contribution >= 0.6 is 12.2 Å². The van der Waals surface area contributed by atoms with Crippen molar-refractivity contribution in [2.24, 2.45) is 0 Å². The Bertz CT molecular complexity index is 772. The van der Waals surface area contributed by atoms with Crippen molar-refractivity contribution < 1.29 is 17.9 Å². The van der Waals surface area contributed by atoms with Gasteiger partial charge in [0.1, 0.15) is 0 Å². The van der Waals surface area contributed by atoms with E-state index in [0.29, 0.717) is 49.3 Å². The van der Waals surface area contributed by atoms with Crippen molar-refractivity contribution in [3.63, 3.8) is 0 Å². The van der Waals surface area contributed by atoms with Gasteiger partial charge in [0, 0.05) is 38.8 Å². The molecule has 0 atom stereocenters. The molecule has 1 heterocycles. The van der Waals surface area contributed by atoms with Gasteiger partial charge in [-0.25, -0.2) is 8.42 Å². The maximum absolute atomic E-state index is 12.9. The zero-order chi connectivity index (χ0) is 19.3. The molecule has 1 aromatic rings. The van der Waals surface area contributed by atoms with E-state index in [2.05, 4.69) is 11.9 Å². The number of piperazine rings is 1. The van der Waals surface area contributed by atoms with Gasteiger partial charge in [0.2, 0.25) is 10.0 Å². The molecule has 0 spiro atoms. The molecular formula is C17H25N3O4S2. The van der Waals surface area contributed by atoms with E-state index in [1.165, 1.54) is 30.7 Å². The zero-order valence-electron chi connectivity index (χ0n) is 15.3. The summed E-state index contributed by atoms with van der Waals surface area (Å²) >= 11 is 5.35. The van der Waals surface area contributed by atoms with Crippen LogP contribution in [-0.4, -0.2) is 69.7 Å². The summed E-state index contributed by atoms with van der Waals surface area (Å²) in [5, 5.41) is 3.75. The smallest absolute Gasteiger partial charge is 0.243 e. The molecule has 1 aliphatic heterocycles. The number of thiocarbonyl (C=S) groups is 1. The predicted molar refractivity (Wildman–Crippen MR) is 105 cm³/mol. The minimum Gasteiger partial charge on any atom is -0.493 e. The quantitative estimate of drug-likeness (QED) is 0.574. The van der Waals surface area contributed by atoms with Gasteiger partial charge >= 0.3 is 0 Å². The second-order valence-electron chi connectivity index (χ2n) is 6.02. The van der Waals surface area contributed by atoms with Crippen molar-refractivity contribution >= 4 is 27.4 Å². The first kappa shape index (κ1) is 20.5. The first-order valence-electron chi connectivity index (χ1n) is 8.19. The molecule has 1 fully saturated rings. The molecule has 7 nitrogen and oxygen atoms in total. The average Bonchev–Trinajstić information content (AvgIpc) is 2.65. The van der Waals surface area contributed by atoms with Crippen LogP contribution in [0.3, 0.4) is 0 Å². The van der Waals surface area contributed by atoms with Crippen LogP contribution in [0.25, 0.3) is 0 Å². The number of hydrogen-bond donors (Lipinski definition) is 1. The number of hydrogen-bond acceptors (Lipinski definition) is 5. The lowest BCUT2D eigenvalue weighted by atomic mass is 10.3. The summed E-state index contributed by atoms with van der Waals surface area (Å²) in [6.45, 7) is 8.17. The van der Waals surface area contributed by atoms with E-state index >= 15 is 0 Å². The van der Waals surface area contributed by atoms with E-state index in [1.807, 2.05) is 11.8 Å². The topological polar surface area (TPSA) is 71.1 Å². The molecule has 1 N–H and O–H groups in total. The normalized spacial score (nSPS) is 15.4. The Kier molecular flexibility index (Phi) is 6.85. The van der Waals surface area contributed by atoms with E-state index in [1.54, 1.807) is 6.07 Å². The molecular weight excluding hydrogens is 374 g/mol. The van der Waals surface area contributed by atoms with Crippen molar-refractivity contribution in [1.82, 2.24) is 14.5 Å². The number of ether oxygens (including phenoxy) is 2. The Hall–Kier alpha value is -1.84. The Morgan fingerprint density at radius 2 is 1.81 bits per heavy atom. The Morgan fingerprint density at radius 1 is 1.19 bits per heavy atom. The van der Waals surface area contributed by atoms with Gasteiger partial charge in [-0.1, -0.05) is 12.2 Å². The molecule has 0 aromatic heterocycles. The monoisotopic (exact) mass is 399 g/mol. The van der Waals surface area contributed by atoms with E-state index in [4.69, 9.17) is 21.7 Å². The van der Waals surface area contributed by atoms with Gasteiger partial charge in [-0.05, 0) is 31.3 Å². The lowest BCUT2D eigenvalue weighted by Crippen LogP contribution is -2.53. The second-order valence-corrected chi connectivity index (χ2v) is 8.35. The summed E-state index contributed by atoms with van der Waals surface area (Å²) in [6.07, 6.45) is 0. The van der Waals surface area contributed by atoms with E-state index in [0.717, 1.165) is 5.57 Å². The highest BCUT2D eigenvalue weighted by Gasteiger charge is 2.30. The van der Waals surface area contributed by atoms with Gasteiger partial charge in [0.05, 0.1) is 19.1 Å². The summed E-state index contributed by atoms with van der Waals surface area (Å²) in [7, 11) is -0.613. The third kappa shape index (κ3) is 4.66. The highest BCUT2D eigenvalue weighted by atomic mass is 32.2. The van der Waals surface area contributed by atoms with Gasteiger partial charge in [-0.15, -0.1) is 0 Å². The number of sulfonamides is 1. The molecule has 1 aliphatic rings. The molecule has 2 rings (SSSR count). The predicted octanol–water partition coefficient (Wildman–Crippen LogP) is 1.46. The molecule has 0 unspecified atom stereocenters. The SMILES string of the molecule is C=C(C)CNC(=S)N1CCN(S(=O)(=O)c2ccc(OC)c(OC)c2)CC1. The molecule has 0 bridgehead atoms. The first-order valence-corrected chi connectivity index (χ1v) is 10.0. The lowest BCUT2D eigenvalue weighted by molar-refractivity contribution is 0.264. The molecule has 9 heteroatoms. The minimum absolute atomic E-state index is 0.187. The number of nitrogens with zero attached hydrogens (tertiary/aromatic N) is 2. The van der Waals surface area contributed by atoms with Gasteiger partial charge in [0.15, 0.2) is 16.6 Å². The molecule has 144 valence electrons. The number of methoxy groups -OCH3 is 2. The third-order valence-corrected chi connectivity index (χ3v) is 6.36. The fraction of sp³-hybridized carbons (Fsp3) is 0.471. The van der Waals surface area contributed by atoms with Gasteiger partial charge in [-0.2, -0.15) is 4.31 Å². The minimum atomic E-state index is -3.60. The van der Waals surface area contributed by atoms with Crippen LogP contribution < -0.4 is 14.8 Å². The van der Waals surface area contributed by atoms with E-state index in [-0.39, 0.29) is 4.90 Å². The largest absolute Gasteiger partial charge is 0.493 e. The molecule has 0 radical (unpaired) electrons. The molecule has 1 aromatic carbocycles. The highest BCUT2D eigenvalue weighted by molar-refractivity contribution is 7.89. The van der Waals surface area contributed by atoms with Crippen LogP contribution in [0.15, 0.2) is 35.2 Å². The van der Waals surface area contributed by atoms with Crippen LogP contribution in [0, 0.1) is 0 Å². The maximum atomic E-state index is 12.9. The second kappa shape index (κ2) is 8.70.